The van der Waals surface area contributed by atoms with Gasteiger partial charge in [0.2, 0.25) is 10.0 Å². The van der Waals surface area contributed by atoms with Gasteiger partial charge < -0.3 is 5.73 Å². The molecule has 0 aliphatic rings. The van der Waals surface area contributed by atoms with Crippen LogP contribution in [0.25, 0.3) is 0 Å². The lowest BCUT2D eigenvalue weighted by molar-refractivity contribution is 0.581. The Hall–Kier alpha value is -2.37. The predicted molar refractivity (Wildman–Crippen MR) is 68.2 cm³/mol. The molecule has 0 spiro atoms. The Morgan fingerprint density at radius 1 is 1.42 bits per heavy atom. The van der Waals surface area contributed by atoms with Crippen molar-refractivity contribution in [2.75, 3.05) is 5.73 Å². The number of H-pyrrole nitrogens is 1. The molecule has 0 saturated heterocycles. The van der Waals surface area contributed by atoms with Gasteiger partial charge in [0.1, 0.15) is 4.90 Å². The second-order valence-corrected chi connectivity index (χ2v) is 5.51. The summed E-state index contributed by atoms with van der Waals surface area (Å²) in [4.78, 5) is -0.0500. The Kier molecular flexibility index (Phi) is 3.50. The van der Waals surface area contributed by atoms with Gasteiger partial charge in [0, 0.05) is 6.20 Å². The molecule has 4 N–H and O–H groups in total. The van der Waals surface area contributed by atoms with Gasteiger partial charge in [-0.15, -0.1) is 0 Å². The van der Waals surface area contributed by atoms with Crippen LogP contribution in [0, 0.1) is 11.3 Å². The lowest BCUT2D eigenvalue weighted by Gasteiger charge is -2.08. The van der Waals surface area contributed by atoms with E-state index in [-0.39, 0.29) is 17.1 Å². The van der Waals surface area contributed by atoms with Crippen molar-refractivity contribution < 1.29 is 8.42 Å². The van der Waals surface area contributed by atoms with Crippen LogP contribution in [0.4, 0.5) is 5.69 Å². The van der Waals surface area contributed by atoms with Crippen molar-refractivity contribution in [3.63, 3.8) is 0 Å². The summed E-state index contributed by atoms with van der Waals surface area (Å²) in [5.74, 6) is 0. The zero-order chi connectivity index (χ0) is 13.9. The van der Waals surface area contributed by atoms with E-state index in [1.165, 1.54) is 24.4 Å². The molecule has 2 rings (SSSR count). The first-order chi connectivity index (χ1) is 9.03. The van der Waals surface area contributed by atoms with Gasteiger partial charge in [-0.05, 0) is 24.3 Å². The van der Waals surface area contributed by atoms with Crippen molar-refractivity contribution in [3.8, 4) is 6.07 Å². The van der Waals surface area contributed by atoms with E-state index in [9.17, 15) is 8.42 Å². The number of nitrogens with one attached hydrogen (secondary N) is 2. The molecule has 1 aromatic carbocycles. The fraction of sp³-hybridized carbons (Fsp3) is 0.0909. The Balaban J connectivity index is 2.22. The number of nitrogens with two attached hydrogens (primary N) is 1. The number of nitrogen functional groups attached to an aromatic ring is 1. The quantitative estimate of drug-likeness (QED) is 0.695. The van der Waals surface area contributed by atoms with Crippen molar-refractivity contribution in [3.05, 3.63) is 41.7 Å². The molecule has 0 bridgehead atoms. The number of aromatic amines is 1. The minimum absolute atomic E-state index is 0.0381. The van der Waals surface area contributed by atoms with E-state index >= 15 is 0 Å². The average molecular weight is 277 g/mol. The highest BCUT2D eigenvalue weighted by molar-refractivity contribution is 7.89. The van der Waals surface area contributed by atoms with Crippen molar-refractivity contribution in [1.82, 2.24) is 14.9 Å². The van der Waals surface area contributed by atoms with Gasteiger partial charge in [-0.2, -0.15) is 10.4 Å². The van der Waals surface area contributed by atoms with Crippen LogP contribution in [0.2, 0.25) is 0 Å². The predicted octanol–water partition coefficient (Wildman–Crippen LogP) is 0.342. The summed E-state index contributed by atoms with van der Waals surface area (Å²) < 4.78 is 26.5. The van der Waals surface area contributed by atoms with E-state index < -0.39 is 10.0 Å². The first-order valence-electron chi connectivity index (χ1n) is 5.30. The molecule has 0 aliphatic heterocycles. The summed E-state index contributed by atoms with van der Waals surface area (Å²) >= 11 is 0. The summed E-state index contributed by atoms with van der Waals surface area (Å²) in [7, 11) is -3.72. The van der Waals surface area contributed by atoms with Gasteiger partial charge in [-0.1, -0.05) is 0 Å². The third-order valence-corrected chi connectivity index (χ3v) is 3.91. The molecule has 0 amide bonds. The SMILES string of the molecule is N#Cc1ccc(S(=O)(=O)NCc2ccn[nH]2)c(N)c1. The summed E-state index contributed by atoms with van der Waals surface area (Å²) in [5, 5.41) is 15.1. The number of sulfonamides is 1. The Labute approximate surface area is 110 Å². The third kappa shape index (κ3) is 2.90. The normalized spacial score (nSPS) is 11.1. The van der Waals surface area contributed by atoms with Gasteiger partial charge in [-0.3, -0.25) is 5.10 Å². The number of benzene rings is 1. The highest BCUT2D eigenvalue weighted by Crippen LogP contribution is 2.19. The van der Waals surface area contributed by atoms with E-state index in [1.54, 1.807) is 6.07 Å². The zero-order valence-corrected chi connectivity index (χ0v) is 10.6. The van der Waals surface area contributed by atoms with Crippen LogP contribution < -0.4 is 10.5 Å². The highest BCUT2D eigenvalue weighted by Gasteiger charge is 2.17. The largest absolute Gasteiger partial charge is 0.398 e. The van der Waals surface area contributed by atoms with Gasteiger partial charge >= 0.3 is 0 Å². The average Bonchev–Trinajstić information content (AvgIpc) is 2.89. The molecule has 8 heteroatoms. The number of aromatic nitrogens is 2. The molecule has 0 saturated carbocycles. The summed E-state index contributed by atoms with van der Waals surface area (Å²) in [5.41, 5.74) is 6.62. The number of hydrogen-bond donors (Lipinski definition) is 3. The molecule has 0 atom stereocenters. The zero-order valence-electron chi connectivity index (χ0n) is 9.79. The van der Waals surface area contributed by atoms with E-state index in [4.69, 9.17) is 11.0 Å². The van der Waals surface area contributed by atoms with Crippen LogP contribution in [0.5, 0.6) is 0 Å². The molecule has 0 radical (unpaired) electrons. The van der Waals surface area contributed by atoms with Gasteiger partial charge in [-0.25, -0.2) is 13.1 Å². The fourth-order valence-corrected chi connectivity index (χ4v) is 2.61. The topological polar surface area (TPSA) is 125 Å². The number of hydrogen-bond acceptors (Lipinski definition) is 5. The molecule has 0 unspecified atom stereocenters. The first kappa shape index (κ1) is 13.1. The van der Waals surface area contributed by atoms with Crippen LogP contribution in [0.3, 0.4) is 0 Å². The molecule has 0 fully saturated rings. The molecular weight excluding hydrogens is 266 g/mol. The van der Waals surface area contributed by atoms with E-state index in [0.717, 1.165) is 0 Å². The van der Waals surface area contributed by atoms with Crippen LogP contribution >= 0.6 is 0 Å². The minimum Gasteiger partial charge on any atom is -0.398 e. The molecule has 0 aliphatic carbocycles. The molecule has 98 valence electrons. The molecule has 7 nitrogen and oxygen atoms in total. The maximum absolute atomic E-state index is 12.0. The monoisotopic (exact) mass is 277 g/mol. The number of nitrogens with zero attached hydrogens (tertiary/aromatic N) is 2. The number of nitriles is 1. The van der Waals surface area contributed by atoms with Crippen molar-refractivity contribution in [2.45, 2.75) is 11.4 Å². The lowest BCUT2D eigenvalue weighted by Crippen LogP contribution is -2.24. The Morgan fingerprint density at radius 3 is 2.79 bits per heavy atom. The first-order valence-corrected chi connectivity index (χ1v) is 6.79. The third-order valence-electron chi connectivity index (χ3n) is 2.44. The van der Waals surface area contributed by atoms with Crippen molar-refractivity contribution in [2.24, 2.45) is 0 Å². The number of rotatable bonds is 4. The fourth-order valence-electron chi connectivity index (χ4n) is 1.50. The van der Waals surface area contributed by atoms with Crippen LogP contribution in [0.15, 0.2) is 35.4 Å². The van der Waals surface area contributed by atoms with Crippen molar-refractivity contribution >= 4 is 15.7 Å². The summed E-state index contributed by atoms with van der Waals surface area (Å²) in [6.07, 6.45) is 1.53. The summed E-state index contributed by atoms with van der Waals surface area (Å²) in [6.45, 7) is 0.0851. The summed E-state index contributed by atoms with van der Waals surface area (Å²) in [6, 6.07) is 7.59. The maximum Gasteiger partial charge on any atom is 0.242 e. The maximum atomic E-state index is 12.0. The van der Waals surface area contributed by atoms with Crippen LogP contribution in [0.1, 0.15) is 11.3 Å². The molecule has 2 aromatic rings. The van der Waals surface area contributed by atoms with E-state index in [0.29, 0.717) is 11.3 Å². The highest BCUT2D eigenvalue weighted by atomic mass is 32.2. The minimum atomic E-state index is -3.72. The molecule has 1 heterocycles. The molecule has 1 aromatic heterocycles. The smallest absolute Gasteiger partial charge is 0.242 e. The second kappa shape index (κ2) is 5.09. The van der Waals surface area contributed by atoms with Crippen molar-refractivity contribution in [1.29, 1.82) is 5.26 Å². The van der Waals surface area contributed by atoms with E-state index in [2.05, 4.69) is 14.9 Å². The van der Waals surface area contributed by atoms with Crippen LogP contribution in [-0.4, -0.2) is 18.6 Å². The number of anilines is 1. The Morgan fingerprint density at radius 2 is 2.21 bits per heavy atom. The standard InChI is InChI=1S/C11H11N5O2S/c12-6-8-1-2-11(10(13)5-8)19(17,18)15-7-9-3-4-14-16-9/h1-5,15H,7,13H2,(H,14,16). The molecular formula is C11H11N5O2S. The van der Waals surface area contributed by atoms with E-state index in [1.807, 2.05) is 6.07 Å². The Bertz CT molecular complexity index is 716. The van der Waals surface area contributed by atoms with Gasteiger partial charge in [0.05, 0.1) is 29.6 Å². The van der Waals surface area contributed by atoms with Gasteiger partial charge in [0.25, 0.3) is 0 Å². The molecule has 19 heavy (non-hydrogen) atoms. The lowest BCUT2D eigenvalue weighted by atomic mass is 10.2. The van der Waals surface area contributed by atoms with Gasteiger partial charge in [0.15, 0.2) is 0 Å². The van der Waals surface area contributed by atoms with Crippen LogP contribution in [-0.2, 0) is 16.6 Å². The second-order valence-electron chi connectivity index (χ2n) is 3.77.